The van der Waals surface area contributed by atoms with Crippen molar-refractivity contribution >= 4 is 0 Å². The standard InChI is InChI=1S/C11H26N2/c1-9(2)7-6-8-10(13-12)11(3,4)5/h9-10,13H,6-8,12H2,1-5H3. The van der Waals surface area contributed by atoms with E-state index in [9.17, 15) is 0 Å². The van der Waals surface area contributed by atoms with Crippen molar-refractivity contribution in [2.75, 3.05) is 0 Å². The van der Waals surface area contributed by atoms with Gasteiger partial charge < -0.3 is 0 Å². The predicted octanol–water partition coefficient (Wildman–Crippen LogP) is 2.69. The third kappa shape index (κ3) is 6.05. The smallest absolute Gasteiger partial charge is 0.0259 e. The van der Waals surface area contributed by atoms with Gasteiger partial charge in [0.05, 0.1) is 0 Å². The molecule has 0 aliphatic carbocycles. The molecule has 0 bridgehead atoms. The number of hydrogen-bond acceptors (Lipinski definition) is 2. The third-order valence-electron chi connectivity index (χ3n) is 2.52. The van der Waals surface area contributed by atoms with E-state index in [1.54, 1.807) is 0 Å². The zero-order valence-electron chi connectivity index (χ0n) is 9.85. The summed E-state index contributed by atoms with van der Waals surface area (Å²) in [5.74, 6) is 6.33. The predicted molar refractivity (Wildman–Crippen MR) is 59.3 cm³/mol. The topological polar surface area (TPSA) is 38.0 Å². The molecular weight excluding hydrogens is 160 g/mol. The highest BCUT2D eigenvalue weighted by Crippen LogP contribution is 2.23. The van der Waals surface area contributed by atoms with Crippen molar-refractivity contribution in [1.29, 1.82) is 0 Å². The van der Waals surface area contributed by atoms with Crippen LogP contribution in [0.1, 0.15) is 53.9 Å². The quantitative estimate of drug-likeness (QED) is 0.512. The summed E-state index contributed by atoms with van der Waals surface area (Å²) in [5.41, 5.74) is 3.19. The maximum atomic E-state index is 5.53. The summed E-state index contributed by atoms with van der Waals surface area (Å²) in [6.07, 6.45) is 3.75. The summed E-state index contributed by atoms with van der Waals surface area (Å²) in [7, 11) is 0. The lowest BCUT2D eigenvalue weighted by Gasteiger charge is -2.30. The third-order valence-corrected chi connectivity index (χ3v) is 2.52. The van der Waals surface area contributed by atoms with Gasteiger partial charge in [0.1, 0.15) is 0 Å². The van der Waals surface area contributed by atoms with E-state index in [2.05, 4.69) is 40.0 Å². The Labute approximate surface area is 83.2 Å². The van der Waals surface area contributed by atoms with Crippen molar-refractivity contribution in [3.05, 3.63) is 0 Å². The summed E-state index contributed by atoms with van der Waals surface area (Å²) in [5, 5.41) is 0. The molecular formula is C11H26N2. The minimum absolute atomic E-state index is 0.270. The van der Waals surface area contributed by atoms with Crippen molar-refractivity contribution in [1.82, 2.24) is 5.43 Å². The summed E-state index contributed by atoms with van der Waals surface area (Å²) >= 11 is 0. The fourth-order valence-electron chi connectivity index (χ4n) is 1.50. The molecule has 0 aromatic heterocycles. The van der Waals surface area contributed by atoms with Crippen LogP contribution in [0.3, 0.4) is 0 Å². The van der Waals surface area contributed by atoms with Crippen LogP contribution in [0.15, 0.2) is 0 Å². The lowest BCUT2D eigenvalue weighted by molar-refractivity contribution is 0.249. The molecule has 1 atom stereocenters. The van der Waals surface area contributed by atoms with Gasteiger partial charge in [0.2, 0.25) is 0 Å². The lowest BCUT2D eigenvalue weighted by Crippen LogP contribution is -2.44. The second kappa shape index (κ2) is 5.61. The van der Waals surface area contributed by atoms with Gasteiger partial charge in [-0.15, -0.1) is 0 Å². The number of nitrogens with two attached hydrogens (primary N) is 1. The van der Waals surface area contributed by atoms with Gasteiger partial charge in [0.15, 0.2) is 0 Å². The molecule has 13 heavy (non-hydrogen) atoms. The van der Waals surface area contributed by atoms with E-state index < -0.39 is 0 Å². The van der Waals surface area contributed by atoms with Gasteiger partial charge in [-0.2, -0.15) is 0 Å². The fourth-order valence-corrected chi connectivity index (χ4v) is 1.50. The van der Waals surface area contributed by atoms with Crippen LogP contribution in [0.2, 0.25) is 0 Å². The summed E-state index contributed by atoms with van der Waals surface area (Å²) in [6.45, 7) is 11.2. The molecule has 0 amide bonds. The van der Waals surface area contributed by atoms with Gasteiger partial charge in [-0.25, -0.2) is 0 Å². The van der Waals surface area contributed by atoms with Gasteiger partial charge in [0, 0.05) is 6.04 Å². The Morgan fingerprint density at radius 1 is 1.15 bits per heavy atom. The van der Waals surface area contributed by atoms with Crippen LogP contribution in [0, 0.1) is 11.3 Å². The molecule has 0 aliphatic rings. The first kappa shape index (κ1) is 12.9. The largest absolute Gasteiger partial charge is 0.271 e. The monoisotopic (exact) mass is 186 g/mol. The van der Waals surface area contributed by atoms with Crippen LogP contribution < -0.4 is 11.3 Å². The Kier molecular flexibility index (Phi) is 5.57. The van der Waals surface area contributed by atoms with E-state index in [0.717, 1.165) is 5.92 Å². The number of hydrogen-bond donors (Lipinski definition) is 2. The maximum Gasteiger partial charge on any atom is 0.0259 e. The van der Waals surface area contributed by atoms with E-state index in [1.807, 2.05) is 0 Å². The van der Waals surface area contributed by atoms with Gasteiger partial charge in [-0.1, -0.05) is 47.5 Å². The first-order chi connectivity index (χ1) is 5.88. The van der Waals surface area contributed by atoms with E-state index in [0.29, 0.717) is 6.04 Å². The molecule has 0 aliphatic heterocycles. The summed E-state index contributed by atoms with van der Waals surface area (Å²) < 4.78 is 0. The van der Waals surface area contributed by atoms with Crippen LogP contribution in [-0.4, -0.2) is 6.04 Å². The van der Waals surface area contributed by atoms with Crippen LogP contribution in [0.4, 0.5) is 0 Å². The molecule has 0 rings (SSSR count). The van der Waals surface area contributed by atoms with E-state index >= 15 is 0 Å². The van der Waals surface area contributed by atoms with Crippen LogP contribution in [-0.2, 0) is 0 Å². The lowest BCUT2D eigenvalue weighted by atomic mass is 9.84. The molecule has 80 valence electrons. The van der Waals surface area contributed by atoms with Crippen LogP contribution in [0.5, 0.6) is 0 Å². The Morgan fingerprint density at radius 3 is 2.00 bits per heavy atom. The molecule has 0 aromatic carbocycles. The van der Waals surface area contributed by atoms with Crippen molar-refractivity contribution in [3.63, 3.8) is 0 Å². The fraction of sp³-hybridized carbons (Fsp3) is 1.00. The molecule has 2 heteroatoms. The van der Waals surface area contributed by atoms with E-state index in [4.69, 9.17) is 5.84 Å². The molecule has 0 aromatic rings. The average Bonchev–Trinajstić information content (AvgIpc) is 1.95. The zero-order chi connectivity index (χ0) is 10.5. The SMILES string of the molecule is CC(C)CCCC(NN)C(C)(C)C. The molecule has 0 heterocycles. The van der Waals surface area contributed by atoms with Crippen molar-refractivity contribution in [2.24, 2.45) is 17.2 Å². The zero-order valence-corrected chi connectivity index (χ0v) is 9.85. The highest BCUT2D eigenvalue weighted by molar-refractivity contribution is 4.78. The Hall–Kier alpha value is -0.0800. The van der Waals surface area contributed by atoms with Crippen molar-refractivity contribution < 1.29 is 0 Å². The molecule has 0 fully saturated rings. The van der Waals surface area contributed by atoms with Crippen LogP contribution in [0.25, 0.3) is 0 Å². The molecule has 1 unspecified atom stereocenters. The van der Waals surface area contributed by atoms with Gasteiger partial charge >= 0.3 is 0 Å². The molecule has 0 radical (unpaired) electrons. The maximum absolute atomic E-state index is 5.53. The van der Waals surface area contributed by atoms with E-state index in [-0.39, 0.29) is 5.41 Å². The minimum Gasteiger partial charge on any atom is -0.271 e. The summed E-state index contributed by atoms with van der Waals surface area (Å²) in [6, 6.07) is 0.436. The minimum atomic E-state index is 0.270. The van der Waals surface area contributed by atoms with Gasteiger partial charge in [0.25, 0.3) is 0 Å². The number of rotatable bonds is 5. The van der Waals surface area contributed by atoms with Crippen molar-refractivity contribution in [3.8, 4) is 0 Å². The Bertz CT molecular complexity index is 125. The second-order valence-corrected chi connectivity index (χ2v) is 5.41. The van der Waals surface area contributed by atoms with E-state index in [1.165, 1.54) is 19.3 Å². The average molecular weight is 186 g/mol. The number of hydrazine groups is 1. The van der Waals surface area contributed by atoms with Crippen LogP contribution >= 0.6 is 0 Å². The van der Waals surface area contributed by atoms with Gasteiger partial charge in [-0.3, -0.25) is 11.3 Å². The molecule has 0 spiro atoms. The Morgan fingerprint density at radius 2 is 1.69 bits per heavy atom. The highest BCUT2D eigenvalue weighted by Gasteiger charge is 2.22. The second-order valence-electron chi connectivity index (χ2n) is 5.41. The normalized spacial score (nSPS) is 15.0. The van der Waals surface area contributed by atoms with Crippen molar-refractivity contribution in [2.45, 2.75) is 59.9 Å². The molecule has 2 nitrogen and oxygen atoms in total. The molecule has 0 saturated heterocycles. The first-order valence-corrected chi connectivity index (χ1v) is 5.34. The van der Waals surface area contributed by atoms with Gasteiger partial charge in [-0.05, 0) is 17.8 Å². The highest BCUT2D eigenvalue weighted by atomic mass is 15.2. The number of nitrogens with one attached hydrogen (secondary N) is 1. The first-order valence-electron chi connectivity index (χ1n) is 5.34. The molecule has 0 saturated carbocycles. The summed E-state index contributed by atoms with van der Waals surface area (Å²) in [4.78, 5) is 0. The Balaban J connectivity index is 3.73. The molecule has 3 N–H and O–H groups in total.